The first kappa shape index (κ1) is 12.7. The van der Waals surface area contributed by atoms with Gasteiger partial charge in [0.25, 0.3) is 5.91 Å². The summed E-state index contributed by atoms with van der Waals surface area (Å²) in [6.45, 7) is 1.86. The van der Waals surface area contributed by atoms with E-state index in [2.05, 4.69) is 15.3 Å². The third-order valence-electron chi connectivity index (χ3n) is 3.06. The van der Waals surface area contributed by atoms with Crippen molar-refractivity contribution < 1.29 is 4.79 Å². The van der Waals surface area contributed by atoms with Crippen LogP contribution in [0.1, 0.15) is 15.9 Å². The molecule has 0 bridgehead atoms. The average molecular weight is 286 g/mol. The summed E-state index contributed by atoms with van der Waals surface area (Å²) in [4.78, 5) is 19.6. The number of benzene rings is 2. The summed E-state index contributed by atoms with van der Waals surface area (Å²) in [6.07, 6.45) is 0. The molecule has 2 N–H and O–H groups in total. The van der Waals surface area contributed by atoms with Crippen molar-refractivity contribution in [3.63, 3.8) is 0 Å². The number of rotatable bonds is 2. The van der Waals surface area contributed by atoms with Crippen molar-refractivity contribution in [3.8, 4) is 0 Å². The fourth-order valence-corrected chi connectivity index (χ4v) is 2.22. The van der Waals surface area contributed by atoms with E-state index in [9.17, 15) is 4.79 Å². The molecule has 0 aliphatic heterocycles. The Balaban J connectivity index is 1.90. The Morgan fingerprint density at radius 1 is 1.20 bits per heavy atom. The van der Waals surface area contributed by atoms with Gasteiger partial charge < -0.3 is 4.98 Å². The third kappa shape index (κ3) is 2.26. The van der Waals surface area contributed by atoms with Gasteiger partial charge in [0.05, 0.1) is 21.6 Å². The number of carbonyl (C=O) groups is 1. The molecule has 0 unspecified atom stereocenters. The molecule has 5 heteroatoms. The fraction of sp³-hybridized carbons (Fsp3) is 0.0667. The fourth-order valence-electron chi connectivity index (χ4n) is 2.01. The Morgan fingerprint density at radius 2 is 2.00 bits per heavy atom. The second kappa shape index (κ2) is 4.98. The van der Waals surface area contributed by atoms with Gasteiger partial charge >= 0.3 is 0 Å². The van der Waals surface area contributed by atoms with Crippen molar-refractivity contribution in [1.82, 2.24) is 9.97 Å². The summed E-state index contributed by atoms with van der Waals surface area (Å²) in [7, 11) is 0. The van der Waals surface area contributed by atoms with Gasteiger partial charge in [0.2, 0.25) is 5.95 Å². The summed E-state index contributed by atoms with van der Waals surface area (Å²) in [5.41, 5.74) is 2.98. The van der Waals surface area contributed by atoms with Crippen LogP contribution in [0.5, 0.6) is 0 Å². The van der Waals surface area contributed by atoms with E-state index in [4.69, 9.17) is 11.6 Å². The number of amides is 1. The molecule has 0 saturated carbocycles. The van der Waals surface area contributed by atoms with Crippen LogP contribution in [0.2, 0.25) is 5.02 Å². The van der Waals surface area contributed by atoms with Crippen LogP contribution in [0.25, 0.3) is 11.0 Å². The molecule has 20 heavy (non-hydrogen) atoms. The highest BCUT2D eigenvalue weighted by molar-refractivity contribution is 6.35. The number of hydrogen-bond acceptors (Lipinski definition) is 2. The maximum Gasteiger partial charge on any atom is 0.259 e. The molecule has 0 atom stereocenters. The number of hydrogen-bond donors (Lipinski definition) is 2. The Kier molecular flexibility index (Phi) is 3.16. The molecule has 0 radical (unpaired) electrons. The zero-order valence-electron chi connectivity index (χ0n) is 10.8. The zero-order valence-corrected chi connectivity index (χ0v) is 11.5. The molecule has 0 aliphatic rings. The molecule has 1 amide bonds. The molecule has 0 saturated heterocycles. The summed E-state index contributed by atoms with van der Waals surface area (Å²) < 4.78 is 0. The first-order chi connectivity index (χ1) is 9.65. The SMILES string of the molecule is Cc1cccc(C(=O)Nc2nc3ccccc3[nH]2)c1Cl. The van der Waals surface area contributed by atoms with Crippen LogP contribution in [0, 0.1) is 6.92 Å². The number of aromatic nitrogens is 2. The zero-order chi connectivity index (χ0) is 14.1. The van der Waals surface area contributed by atoms with E-state index in [0.29, 0.717) is 16.5 Å². The Labute approximate surface area is 120 Å². The highest BCUT2D eigenvalue weighted by atomic mass is 35.5. The van der Waals surface area contributed by atoms with Crippen LogP contribution in [0.15, 0.2) is 42.5 Å². The Morgan fingerprint density at radius 3 is 2.80 bits per heavy atom. The van der Waals surface area contributed by atoms with E-state index < -0.39 is 0 Å². The minimum Gasteiger partial charge on any atom is -0.324 e. The van der Waals surface area contributed by atoms with Gasteiger partial charge in [0, 0.05) is 0 Å². The average Bonchev–Trinajstić information content (AvgIpc) is 2.83. The van der Waals surface area contributed by atoms with Crippen molar-refractivity contribution in [3.05, 3.63) is 58.6 Å². The molecular formula is C15H12ClN3O. The number of para-hydroxylation sites is 2. The monoisotopic (exact) mass is 285 g/mol. The van der Waals surface area contributed by atoms with E-state index in [1.807, 2.05) is 37.3 Å². The molecule has 3 rings (SSSR count). The van der Waals surface area contributed by atoms with Crippen LogP contribution >= 0.6 is 11.6 Å². The number of H-pyrrole nitrogens is 1. The van der Waals surface area contributed by atoms with Crippen LogP contribution in [0.3, 0.4) is 0 Å². The number of halogens is 1. The predicted octanol–water partition coefficient (Wildman–Crippen LogP) is 3.78. The first-order valence-electron chi connectivity index (χ1n) is 6.16. The van der Waals surface area contributed by atoms with Gasteiger partial charge in [-0.3, -0.25) is 10.1 Å². The van der Waals surface area contributed by atoms with E-state index >= 15 is 0 Å². The quantitative estimate of drug-likeness (QED) is 0.753. The highest BCUT2D eigenvalue weighted by Crippen LogP contribution is 2.21. The van der Waals surface area contributed by atoms with Crippen molar-refractivity contribution in [2.75, 3.05) is 5.32 Å². The van der Waals surface area contributed by atoms with Crippen molar-refractivity contribution >= 4 is 34.5 Å². The molecule has 0 spiro atoms. The van der Waals surface area contributed by atoms with Crippen LogP contribution < -0.4 is 5.32 Å². The van der Waals surface area contributed by atoms with E-state index in [1.54, 1.807) is 12.1 Å². The largest absolute Gasteiger partial charge is 0.324 e. The van der Waals surface area contributed by atoms with E-state index in [-0.39, 0.29) is 5.91 Å². The number of aromatic amines is 1. The minimum atomic E-state index is -0.280. The molecule has 100 valence electrons. The van der Waals surface area contributed by atoms with Gasteiger partial charge in [-0.15, -0.1) is 0 Å². The second-order valence-electron chi connectivity index (χ2n) is 4.49. The number of carbonyl (C=O) groups excluding carboxylic acids is 1. The third-order valence-corrected chi connectivity index (χ3v) is 3.56. The first-order valence-corrected chi connectivity index (χ1v) is 6.54. The number of fused-ring (bicyclic) bond motifs is 1. The molecule has 0 aliphatic carbocycles. The van der Waals surface area contributed by atoms with Gasteiger partial charge in [0.1, 0.15) is 0 Å². The molecular weight excluding hydrogens is 274 g/mol. The topological polar surface area (TPSA) is 57.8 Å². The number of aryl methyl sites for hydroxylation is 1. The van der Waals surface area contributed by atoms with Crippen molar-refractivity contribution in [2.24, 2.45) is 0 Å². The number of nitrogens with one attached hydrogen (secondary N) is 2. The lowest BCUT2D eigenvalue weighted by Crippen LogP contribution is -2.13. The van der Waals surface area contributed by atoms with Gasteiger partial charge in [-0.2, -0.15) is 0 Å². The second-order valence-corrected chi connectivity index (χ2v) is 4.87. The smallest absolute Gasteiger partial charge is 0.259 e. The Hall–Kier alpha value is -2.33. The lowest BCUT2D eigenvalue weighted by atomic mass is 10.1. The lowest BCUT2D eigenvalue weighted by Gasteiger charge is -2.05. The van der Waals surface area contributed by atoms with Gasteiger partial charge in [-0.1, -0.05) is 35.9 Å². The number of imidazole rings is 1. The summed E-state index contributed by atoms with van der Waals surface area (Å²) in [5.74, 6) is 0.131. The maximum absolute atomic E-state index is 12.2. The molecule has 0 fully saturated rings. The predicted molar refractivity (Wildman–Crippen MR) is 80.2 cm³/mol. The number of nitrogens with zero attached hydrogens (tertiary/aromatic N) is 1. The van der Waals surface area contributed by atoms with Crippen LogP contribution in [0.4, 0.5) is 5.95 Å². The molecule has 4 nitrogen and oxygen atoms in total. The Bertz CT molecular complexity index is 762. The molecule has 3 aromatic rings. The van der Waals surface area contributed by atoms with Gasteiger partial charge in [-0.05, 0) is 30.7 Å². The summed E-state index contributed by atoms with van der Waals surface area (Å²) in [6, 6.07) is 12.9. The molecule has 1 aromatic heterocycles. The van der Waals surface area contributed by atoms with Crippen LogP contribution in [-0.4, -0.2) is 15.9 Å². The molecule has 1 heterocycles. The summed E-state index contributed by atoms with van der Waals surface area (Å²) in [5, 5.41) is 3.19. The van der Waals surface area contributed by atoms with Gasteiger partial charge in [-0.25, -0.2) is 4.98 Å². The van der Waals surface area contributed by atoms with Crippen molar-refractivity contribution in [1.29, 1.82) is 0 Å². The van der Waals surface area contributed by atoms with Gasteiger partial charge in [0.15, 0.2) is 0 Å². The number of anilines is 1. The van der Waals surface area contributed by atoms with Crippen LogP contribution in [-0.2, 0) is 0 Å². The van der Waals surface area contributed by atoms with E-state index in [1.165, 1.54) is 0 Å². The highest BCUT2D eigenvalue weighted by Gasteiger charge is 2.13. The maximum atomic E-state index is 12.2. The standard InChI is InChI=1S/C15H12ClN3O/c1-9-5-4-6-10(13(9)16)14(20)19-15-17-11-7-2-3-8-12(11)18-15/h2-8H,1H3,(H2,17,18,19,20). The molecule has 2 aromatic carbocycles. The van der Waals surface area contributed by atoms with E-state index in [0.717, 1.165) is 16.6 Å². The summed E-state index contributed by atoms with van der Waals surface area (Å²) >= 11 is 6.14. The minimum absolute atomic E-state index is 0.280. The lowest BCUT2D eigenvalue weighted by molar-refractivity contribution is 0.102. The van der Waals surface area contributed by atoms with Crippen molar-refractivity contribution in [2.45, 2.75) is 6.92 Å². The normalized spacial score (nSPS) is 10.7.